The van der Waals surface area contributed by atoms with Crippen LogP contribution in [-0.4, -0.2) is 102 Å². The predicted molar refractivity (Wildman–Crippen MR) is 266 cm³/mol. The molecule has 0 saturated carbocycles. The molecule has 0 radical (unpaired) electrons. The minimum absolute atomic E-state index is 0.0826. The highest BCUT2D eigenvalue weighted by Crippen LogP contribution is 2.49. The van der Waals surface area contributed by atoms with Crippen LogP contribution < -0.4 is 24.3 Å². The Bertz CT molecular complexity index is 2500. The molecule has 4 aliphatic rings. The summed E-state index contributed by atoms with van der Waals surface area (Å²) < 4.78 is 21.8. The van der Waals surface area contributed by atoms with E-state index in [1.54, 1.807) is 67.3 Å². The maximum Gasteiger partial charge on any atom is 0.316 e. The van der Waals surface area contributed by atoms with Crippen LogP contribution in [0.15, 0.2) is 88.4 Å². The standard InChI is InChI=1S/C19H23N3.C19H29NO5.C16H17NO4/c1-14-6-8-18(16(3)10-14)20-12-22(5)13-21-19-9-7-15(2)11-17(19)4;1-18(2,3)16(22)24-14-9-8-12(13(21)11-20-7)10-15(14)25-17(23)19(4,5)6;18-11-3-8-1-2-17-6-9-4-12-13(21-7-20-12)5-10(9)14(15(8)17)16(11)19/h6-13H,1-5H3;8-10,13,20-21H,11H2,1-7H3;3-5,11,14-16,18-19H,1-2,6-7H2/t;;11-,14-,15+,16+/m..0/s1. The van der Waals surface area contributed by atoms with E-state index >= 15 is 0 Å². The Balaban J connectivity index is 0.000000168. The molecule has 1 fully saturated rings. The molecule has 1 unspecified atom stereocenters. The van der Waals surface area contributed by atoms with Crippen molar-refractivity contribution in [3.8, 4) is 23.0 Å². The molecule has 0 bridgehead atoms. The maximum atomic E-state index is 12.2. The summed E-state index contributed by atoms with van der Waals surface area (Å²) in [6.07, 6.45) is 4.07. The van der Waals surface area contributed by atoms with Crippen LogP contribution in [0.1, 0.15) is 98.9 Å². The van der Waals surface area contributed by atoms with Crippen LogP contribution in [-0.2, 0) is 16.1 Å². The molecule has 14 nitrogen and oxygen atoms in total. The molecule has 8 rings (SSSR count). The van der Waals surface area contributed by atoms with Gasteiger partial charge in [-0.1, -0.05) is 53.1 Å². The number of esters is 2. The van der Waals surface area contributed by atoms with Crippen molar-refractivity contribution in [3.05, 3.63) is 117 Å². The van der Waals surface area contributed by atoms with Crippen LogP contribution >= 0.6 is 0 Å². The van der Waals surface area contributed by atoms with E-state index in [1.165, 1.54) is 45.5 Å². The molecule has 68 heavy (non-hydrogen) atoms. The van der Waals surface area contributed by atoms with Crippen LogP contribution in [0.3, 0.4) is 0 Å². The summed E-state index contributed by atoms with van der Waals surface area (Å²) in [6, 6.07) is 21.4. The van der Waals surface area contributed by atoms with Gasteiger partial charge in [0.25, 0.3) is 0 Å². The van der Waals surface area contributed by atoms with Gasteiger partial charge in [0.05, 0.1) is 53.2 Å². The van der Waals surface area contributed by atoms with Crippen molar-refractivity contribution in [2.24, 2.45) is 20.8 Å². The number of fused-ring (bicyclic) bond motifs is 3. The van der Waals surface area contributed by atoms with Crippen molar-refractivity contribution in [1.29, 1.82) is 0 Å². The number of aliphatic hydroxyl groups excluding tert-OH is 3. The van der Waals surface area contributed by atoms with Gasteiger partial charge in [-0.15, -0.1) is 0 Å². The summed E-state index contributed by atoms with van der Waals surface area (Å²) in [5, 5.41) is 33.7. The summed E-state index contributed by atoms with van der Waals surface area (Å²) in [5.74, 6) is 0.819. The Kier molecular flexibility index (Phi) is 16.3. The fourth-order valence-corrected chi connectivity index (χ4v) is 8.30. The fraction of sp³-hybridized carbons (Fsp3) is 0.444. The van der Waals surface area contributed by atoms with Gasteiger partial charge in [0.15, 0.2) is 23.0 Å². The number of hydrogen-bond donors (Lipinski definition) is 4. The Morgan fingerprint density at radius 2 is 1.38 bits per heavy atom. The third kappa shape index (κ3) is 12.6. The highest BCUT2D eigenvalue weighted by molar-refractivity contribution is 5.81. The lowest BCUT2D eigenvalue weighted by molar-refractivity contribution is -0.145. The molecule has 1 saturated heterocycles. The number of aliphatic hydroxyl groups is 3. The number of nitrogens with one attached hydrogen (secondary N) is 1. The lowest BCUT2D eigenvalue weighted by atomic mass is 9.73. The summed E-state index contributed by atoms with van der Waals surface area (Å²) in [6.45, 7) is 21.2. The second-order valence-corrected chi connectivity index (χ2v) is 20.1. The SMILES string of the molecule is CNCC(O)c1ccc(OC(=O)C(C)(C)C)c(OC(=O)C(C)(C)C)c1.Cc1ccc(N=CN(C)C=Nc2ccc(C)cc2C)c(C)c1.O[C@H]1[C@H]2c3cc4c(cc3CN3CCC(=C[C@@H]1O)[C@H]23)OCO4. The van der Waals surface area contributed by atoms with E-state index in [9.17, 15) is 24.9 Å². The number of rotatable bonds is 9. The first-order valence-electron chi connectivity index (χ1n) is 23.1. The van der Waals surface area contributed by atoms with Crippen molar-refractivity contribution < 1.29 is 43.9 Å². The van der Waals surface area contributed by atoms with E-state index in [0.717, 1.165) is 47.9 Å². The average molecular weight is 932 g/mol. The van der Waals surface area contributed by atoms with Crippen LogP contribution in [0.25, 0.3) is 0 Å². The van der Waals surface area contributed by atoms with Gasteiger partial charge in [-0.2, -0.15) is 0 Å². The summed E-state index contributed by atoms with van der Waals surface area (Å²) in [7, 11) is 3.66. The molecular formula is C54H69N5O9. The zero-order valence-corrected chi connectivity index (χ0v) is 41.6. The Morgan fingerprint density at radius 1 is 0.824 bits per heavy atom. The minimum atomic E-state index is -0.780. The summed E-state index contributed by atoms with van der Waals surface area (Å²) in [4.78, 5) is 37.7. The number of likely N-dealkylation sites (N-methyl/N-ethyl adjacent to an activating group) is 1. The largest absolute Gasteiger partial charge is 0.454 e. The third-order valence-corrected chi connectivity index (χ3v) is 12.1. The quantitative estimate of drug-likeness (QED) is 0.0415. The highest BCUT2D eigenvalue weighted by atomic mass is 16.7. The average Bonchev–Trinajstić information content (AvgIpc) is 3.90. The Hall–Kier alpha value is -5.90. The lowest BCUT2D eigenvalue weighted by Crippen LogP contribution is -2.49. The molecule has 5 atom stereocenters. The van der Waals surface area contributed by atoms with Crippen molar-refractivity contribution in [2.75, 3.05) is 34.0 Å². The number of carbonyl (C=O) groups is 2. The number of nitrogens with zero attached hydrogens (tertiary/aromatic N) is 4. The molecule has 364 valence electrons. The second kappa shape index (κ2) is 21.6. The highest BCUT2D eigenvalue weighted by Gasteiger charge is 2.49. The minimum Gasteiger partial charge on any atom is -0.454 e. The monoisotopic (exact) mass is 932 g/mol. The van der Waals surface area contributed by atoms with E-state index < -0.39 is 41.1 Å². The normalized spacial score (nSPS) is 19.8. The van der Waals surface area contributed by atoms with Crippen LogP contribution in [0.2, 0.25) is 0 Å². The number of aliphatic imine (C=N–C) groups is 2. The van der Waals surface area contributed by atoms with E-state index in [4.69, 9.17) is 18.9 Å². The van der Waals surface area contributed by atoms with Gasteiger partial charge in [0.1, 0.15) is 0 Å². The fourth-order valence-electron chi connectivity index (χ4n) is 8.30. The summed E-state index contributed by atoms with van der Waals surface area (Å²) in [5.41, 5.74) is 9.50. The van der Waals surface area contributed by atoms with Gasteiger partial charge in [0, 0.05) is 38.6 Å². The molecular weight excluding hydrogens is 863 g/mol. The smallest absolute Gasteiger partial charge is 0.316 e. The number of hydrogen-bond acceptors (Lipinski definition) is 13. The number of aryl methyl sites for hydroxylation is 4. The van der Waals surface area contributed by atoms with E-state index in [0.29, 0.717) is 12.1 Å². The van der Waals surface area contributed by atoms with Gasteiger partial charge in [-0.3, -0.25) is 14.5 Å². The van der Waals surface area contributed by atoms with Gasteiger partial charge < -0.3 is 44.5 Å². The first kappa shape index (κ1) is 51.5. The first-order chi connectivity index (χ1) is 32.0. The number of carbonyl (C=O) groups excluding carboxylic acids is 2. The molecule has 3 heterocycles. The van der Waals surface area contributed by atoms with Crippen molar-refractivity contribution in [2.45, 2.75) is 112 Å². The zero-order chi connectivity index (χ0) is 49.7. The van der Waals surface area contributed by atoms with Crippen LogP contribution in [0.5, 0.6) is 23.0 Å². The molecule has 4 aromatic carbocycles. The lowest BCUT2D eigenvalue weighted by Gasteiger charge is -2.44. The van der Waals surface area contributed by atoms with Crippen LogP contribution in [0, 0.1) is 38.5 Å². The van der Waals surface area contributed by atoms with Crippen molar-refractivity contribution in [1.82, 2.24) is 15.1 Å². The van der Waals surface area contributed by atoms with Gasteiger partial charge in [0.2, 0.25) is 6.79 Å². The van der Waals surface area contributed by atoms with Crippen molar-refractivity contribution >= 4 is 36.0 Å². The van der Waals surface area contributed by atoms with Crippen molar-refractivity contribution in [3.63, 3.8) is 0 Å². The molecule has 4 N–H and O–H groups in total. The maximum absolute atomic E-state index is 12.2. The Morgan fingerprint density at radius 3 is 1.93 bits per heavy atom. The number of ether oxygens (including phenoxy) is 4. The molecule has 3 aliphatic heterocycles. The van der Waals surface area contributed by atoms with Crippen LogP contribution in [0.4, 0.5) is 11.4 Å². The molecule has 0 spiro atoms. The molecule has 14 heteroatoms. The topological polar surface area (TPSA) is 175 Å². The second-order valence-electron chi connectivity index (χ2n) is 20.1. The molecule has 4 aromatic rings. The van der Waals surface area contributed by atoms with E-state index in [2.05, 4.69) is 72.2 Å². The number of benzene rings is 4. The summed E-state index contributed by atoms with van der Waals surface area (Å²) >= 11 is 0. The molecule has 0 aromatic heterocycles. The van der Waals surface area contributed by atoms with Gasteiger partial charge in [-0.05, 0) is 147 Å². The Labute approximate surface area is 401 Å². The first-order valence-corrected chi connectivity index (χ1v) is 23.1. The molecule has 1 aliphatic carbocycles. The van der Waals surface area contributed by atoms with Gasteiger partial charge >= 0.3 is 11.9 Å². The third-order valence-electron chi connectivity index (χ3n) is 12.1. The predicted octanol–water partition coefficient (Wildman–Crippen LogP) is 8.46. The van der Waals surface area contributed by atoms with E-state index in [-0.39, 0.29) is 30.3 Å². The van der Waals surface area contributed by atoms with Gasteiger partial charge in [-0.25, -0.2) is 9.98 Å². The zero-order valence-electron chi connectivity index (χ0n) is 41.6. The van der Waals surface area contributed by atoms with E-state index in [1.807, 2.05) is 42.3 Å². The molecule has 0 amide bonds.